The van der Waals surface area contributed by atoms with Crippen LogP contribution in [0.1, 0.15) is 47.7 Å². The van der Waals surface area contributed by atoms with Gasteiger partial charge in [-0.3, -0.25) is 9.11 Å². The summed E-state index contributed by atoms with van der Waals surface area (Å²) in [4.78, 5) is 1.22. The van der Waals surface area contributed by atoms with E-state index in [4.69, 9.17) is 0 Å². The summed E-state index contributed by atoms with van der Waals surface area (Å²) in [5, 5.41) is 0. The molecule has 2 aromatic carbocycles. The summed E-state index contributed by atoms with van der Waals surface area (Å²) in [7, 11) is -9.37. The zero-order valence-corrected chi connectivity index (χ0v) is 26.1. The van der Waals surface area contributed by atoms with Crippen molar-refractivity contribution >= 4 is 37.2 Å². The Morgan fingerprint density at radius 1 is 0.821 bits per heavy atom. The topological polar surface area (TPSA) is 115 Å². The van der Waals surface area contributed by atoms with Crippen LogP contribution in [0.2, 0.25) is 0 Å². The van der Waals surface area contributed by atoms with E-state index in [1.807, 2.05) is 76.3 Å². The number of hydrogen-bond donors (Lipinski definition) is 2. The smallest absolute Gasteiger partial charge is 1.00 e. The van der Waals surface area contributed by atoms with Crippen molar-refractivity contribution < 1.29 is 61.5 Å². The molecule has 0 unspecified atom stereocenters. The summed E-state index contributed by atoms with van der Waals surface area (Å²) in [5.74, 6) is 0. The summed E-state index contributed by atoms with van der Waals surface area (Å²) in [6.07, 6.45) is 7.48. The van der Waals surface area contributed by atoms with Crippen LogP contribution in [0.5, 0.6) is 0 Å². The average molecular weight is 586 g/mol. The SMILES string of the molecule is C.CCN(CC)c1ccc(C(=C2C=CC(=[N+](CC)CC)C=C2)c2cc(S(=O)(=O)O)ccc2S(=O)(=O)O)cc1.[H-].[Na+]. The molecule has 8 nitrogen and oxygen atoms in total. The molecule has 208 valence electrons. The van der Waals surface area contributed by atoms with Crippen molar-refractivity contribution in [1.29, 1.82) is 0 Å². The van der Waals surface area contributed by atoms with Crippen molar-refractivity contribution in [2.24, 2.45) is 0 Å². The van der Waals surface area contributed by atoms with Gasteiger partial charge < -0.3 is 6.33 Å². The zero-order chi connectivity index (χ0) is 27.4. The fourth-order valence-corrected chi connectivity index (χ4v) is 5.61. The van der Waals surface area contributed by atoms with Gasteiger partial charge in [-0.15, -0.1) is 0 Å². The van der Waals surface area contributed by atoms with Gasteiger partial charge in [0.15, 0.2) is 5.71 Å². The normalized spacial score (nSPS) is 13.0. The van der Waals surface area contributed by atoms with E-state index in [1.165, 1.54) is 0 Å². The third-order valence-electron chi connectivity index (χ3n) is 6.37. The van der Waals surface area contributed by atoms with Crippen molar-refractivity contribution in [3.63, 3.8) is 0 Å². The summed E-state index contributed by atoms with van der Waals surface area (Å²) in [5.41, 5.74) is 3.55. The van der Waals surface area contributed by atoms with Gasteiger partial charge in [-0.1, -0.05) is 19.6 Å². The molecule has 0 heterocycles. The molecule has 2 aromatic rings. The van der Waals surface area contributed by atoms with Gasteiger partial charge in [-0.05, 0) is 86.9 Å². The molecule has 0 bridgehead atoms. The van der Waals surface area contributed by atoms with Crippen LogP contribution in [-0.4, -0.2) is 62.4 Å². The molecule has 0 amide bonds. The van der Waals surface area contributed by atoms with Crippen LogP contribution >= 0.6 is 0 Å². The summed E-state index contributed by atoms with van der Waals surface area (Å²) in [6.45, 7) is 11.4. The molecule has 1 aliphatic rings. The van der Waals surface area contributed by atoms with E-state index >= 15 is 0 Å². The Balaban J connectivity index is 0.00000507. The van der Waals surface area contributed by atoms with E-state index in [9.17, 15) is 25.9 Å². The molecule has 0 aliphatic heterocycles. The maximum Gasteiger partial charge on any atom is 1.00 e. The van der Waals surface area contributed by atoms with Crippen molar-refractivity contribution in [3.8, 4) is 0 Å². The van der Waals surface area contributed by atoms with Gasteiger partial charge in [0, 0.05) is 36.5 Å². The van der Waals surface area contributed by atoms with Gasteiger partial charge in [0.05, 0.1) is 4.90 Å². The second-order valence-electron chi connectivity index (χ2n) is 8.42. The van der Waals surface area contributed by atoms with E-state index in [0.29, 0.717) is 16.7 Å². The van der Waals surface area contributed by atoms with Crippen LogP contribution in [-0.2, 0) is 20.2 Å². The molecular formula is C28H38N2NaO6S2+. The number of nitrogens with zero attached hydrogens (tertiary/aromatic N) is 2. The molecule has 0 fully saturated rings. The Morgan fingerprint density at radius 2 is 1.36 bits per heavy atom. The quantitative estimate of drug-likeness (QED) is 0.263. The molecule has 0 aromatic heterocycles. The van der Waals surface area contributed by atoms with Gasteiger partial charge in [0.2, 0.25) is 0 Å². The average Bonchev–Trinajstić information content (AvgIpc) is 2.86. The second-order valence-corrected chi connectivity index (χ2v) is 11.2. The van der Waals surface area contributed by atoms with Gasteiger partial charge in [-0.2, -0.15) is 16.8 Å². The summed E-state index contributed by atoms with van der Waals surface area (Å²) < 4.78 is 70.4. The van der Waals surface area contributed by atoms with Crippen LogP contribution in [0, 0.1) is 0 Å². The Morgan fingerprint density at radius 3 is 1.79 bits per heavy atom. The monoisotopic (exact) mass is 585 g/mol. The molecule has 0 spiro atoms. The fraction of sp³-hybridized carbons (Fsp3) is 0.321. The number of rotatable bonds is 9. The van der Waals surface area contributed by atoms with E-state index in [2.05, 4.69) is 9.48 Å². The minimum atomic E-state index is -4.73. The Hall–Kier alpha value is -2.05. The van der Waals surface area contributed by atoms with Gasteiger partial charge in [0.25, 0.3) is 20.2 Å². The fourth-order valence-electron chi connectivity index (χ4n) is 4.42. The molecule has 0 saturated heterocycles. The molecule has 39 heavy (non-hydrogen) atoms. The minimum absolute atomic E-state index is 0. The van der Waals surface area contributed by atoms with Crippen LogP contribution < -0.4 is 34.5 Å². The number of anilines is 1. The predicted octanol–water partition coefficient (Wildman–Crippen LogP) is 2.20. The third kappa shape index (κ3) is 8.23. The summed E-state index contributed by atoms with van der Waals surface area (Å²) in [6, 6.07) is 10.5. The number of allylic oxidation sites excluding steroid dienone is 5. The molecule has 0 saturated carbocycles. The first-order valence-corrected chi connectivity index (χ1v) is 15.0. The molecule has 2 N–H and O–H groups in total. The van der Waals surface area contributed by atoms with Crippen molar-refractivity contribution in [2.75, 3.05) is 31.1 Å². The van der Waals surface area contributed by atoms with Crippen molar-refractivity contribution in [3.05, 3.63) is 83.5 Å². The first-order chi connectivity index (χ1) is 17.4. The number of hydrogen-bond acceptors (Lipinski definition) is 5. The standard InChI is InChI=1S/C27H32N2O6S2.CH4.Na.H/c1-5-28(6-2)22-13-9-20(10-14-22)27(21-11-15-23(16-12-21)29(7-3)8-4)25-19-24(36(30,31)32)17-18-26(25)37(33,34)35;;;/h9-19H,5-8H2,1-4H3,(H-,30,31,32,33,34,35);1H4;;/q;;+1;-1/p+1. The molecule has 0 atom stereocenters. The number of benzene rings is 2. The second kappa shape index (κ2) is 14.5. The van der Waals surface area contributed by atoms with E-state index in [0.717, 1.165) is 55.8 Å². The van der Waals surface area contributed by atoms with Crippen LogP contribution in [0.3, 0.4) is 0 Å². The largest absolute Gasteiger partial charge is 1.00 e. The maximum atomic E-state index is 12.3. The molecule has 1 aliphatic carbocycles. The van der Waals surface area contributed by atoms with Crippen LogP contribution in [0.15, 0.2) is 82.1 Å². The molecule has 3 rings (SSSR count). The van der Waals surface area contributed by atoms with E-state index < -0.39 is 30.0 Å². The van der Waals surface area contributed by atoms with Gasteiger partial charge in [0.1, 0.15) is 18.0 Å². The first-order valence-electron chi connectivity index (χ1n) is 12.1. The predicted molar refractivity (Wildman–Crippen MR) is 155 cm³/mol. The van der Waals surface area contributed by atoms with Crippen molar-refractivity contribution in [1.82, 2.24) is 0 Å². The van der Waals surface area contributed by atoms with E-state index in [1.54, 1.807) is 0 Å². The Bertz CT molecular complexity index is 1490. The Kier molecular flexibility index (Phi) is 13.0. The third-order valence-corrected chi connectivity index (χ3v) is 8.13. The maximum absolute atomic E-state index is 12.3. The van der Waals surface area contributed by atoms with Gasteiger partial charge in [-0.25, -0.2) is 4.58 Å². The Labute approximate surface area is 256 Å². The first kappa shape index (κ1) is 35.0. The van der Waals surface area contributed by atoms with Crippen LogP contribution in [0.4, 0.5) is 5.69 Å². The van der Waals surface area contributed by atoms with Gasteiger partial charge >= 0.3 is 29.6 Å². The molecular weight excluding hydrogens is 547 g/mol. The van der Waals surface area contributed by atoms with Crippen LogP contribution in [0.25, 0.3) is 5.57 Å². The molecule has 0 radical (unpaired) electrons. The van der Waals surface area contributed by atoms with Crippen molar-refractivity contribution in [2.45, 2.75) is 44.9 Å². The minimum Gasteiger partial charge on any atom is -1.00 e. The van der Waals surface area contributed by atoms with E-state index in [-0.39, 0.29) is 44.0 Å². The molecule has 11 heteroatoms. The zero-order valence-electron chi connectivity index (χ0n) is 23.4. The summed E-state index contributed by atoms with van der Waals surface area (Å²) >= 11 is 0.